The van der Waals surface area contributed by atoms with Crippen LogP contribution in [0.15, 0.2) is 60.7 Å². The highest BCUT2D eigenvalue weighted by Crippen LogP contribution is 2.30. The Morgan fingerprint density at radius 3 is 2.35 bits per heavy atom. The first-order valence-corrected chi connectivity index (χ1v) is 7.54. The van der Waals surface area contributed by atoms with Crippen LogP contribution in [0.3, 0.4) is 0 Å². The van der Waals surface area contributed by atoms with Gasteiger partial charge in [0.1, 0.15) is 0 Å². The van der Waals surface area contributed by atoms with Crippen molar-refractivity contribution in [2.24, 2.45) is 0 Å². The van der Waals surface area contributed by atoms with Crippen LogP contribution in [-0.4, -0.2) is 10.8 Å². The van der Waals surface area contributed by atoms with Crippen LogP contribution in [-0.2, 0) is 0 Å². The quantitative estimate of drug-likeness (QED) is 0.677. The molecule has 2 aromatic carbocycles. The fourth-order valence-corrected chi connectivity index (χ4v) is 2.80. The number of nitrogens with zero attached hydrogens (tertiary/aromatic N) is 1. The van der Waals surface area contributed by atoms with Crippen LogP contribution in [0.5, 0.6) is 0 Å². The number of hydrogen-bond donors (Lipinski definition) is 0. The first-order chi connectivity index (χ1) is 11.3. The molecule has 2 nitrogen and oxygen atoms in total. The summed E-state index contributed by atoms with van der Waals surface area (Å²) in [5.41, 5.74) is 3.15. The second-order valence-electron chi connectivity index (χ2n) is 5.44. The second kappa shape index (κ2) is 5.96. The van der Waals surface area contributed by atoms with Crippen molar-refractivity contribution in [1.29, 1.82) is 0 Å². The predicted octanol–water partition coefficient (Wildman–Crippen LogP) is 4.22. The molecule has 0 spiro atoms. The maximum atomic E-state index is 12.7. The van der Waals surface area contributed by atoms with Crippen LogP contribution < -0.4 is 0 Å². The first kappa shape index (κ1) is 14.1. The molecule has 1 fully saturated rings. The zero-order chi connectivity index (χ0) is 15.6. The van der Waals surface area contributed by atoms with Crippen molar-refractivity contribution >= 4 is 16.7 Å². The summed E-state index contributed by atoms with van der Waals surface area (Å²) in [6, 6.07) is 19.0. The van der Waals surface area contributed by atoms with E-state index in [1.54, 1.807) is 0 Å². The van der Waals surface area contributed by atoms with Gasteiger partial charge in [-0.15, -0.1) is 0 Å². The average Bonchev–Trinajstić information content (AvgIpc) is 3.15. The highest BCUT2D eigenvalue weighted by molar-refractivity contribution is 6.16. The number of ketones is 1. The van der Waals surface area contributed by atoms with E-state index in [0.717, 1.165) is 22.5 Å². The summed E-state index contributed by atoms with van der Waals surface area (Å²) in [5.74, 6) is 1.12. The number of benzene rings is 2. The lowest BCUT2D eigenvalue weighted by atomic mass is 9.97. The highest BCUT2D eigenvalue weighted by atomic mass is 16.1. The molecule has 0 aliphatic heterocycles. The smallest absolute Gasteiger partial charge is 0.193 e. The third kappa shape index (κ3) is 2.65. The van der Waals surface area contributed by atoms with Crippen molar-refractivity contribution in [2.45, 2.75) is 0 Å². The Labute approximate surface area is 136 Å². The van der Waals surface area contributed by atoms with Crippen LogP contribution in [0, 0.1) is 31.6 Å². The number of fused-ring (bicyclic) bond motifs is 1. The van der Waals surface area contributed by atoms with Crippen LogP contribution >= 0.6 is 0 Å². The van der Waals surface area contributed by atoms with Gasteiger partial charge >= 0.3 is 0 Å². The minimum absolute atomic E-state index is 0.0269. The van der Waals surface area contributed by atoms with Crippen molar-refractivity contribution in [3.8, 4) is 0 Å². The summed E-state index contributed by atoms with van der Waals surface area (Å²) in [6.07, 6.45) is 8.06. The molecule has 3 aromatic rings. The first-order valence-electron chi connectivity index (χ1n) is 7.54. The Morgan fingerprint density at radius 1 is 0.783 bits per heavy atom. The van der Waals surface area contributed by atoms with Gasteiger partial charge in [0.05, 0.1) is 5.52 Å². The molecule has 1 heterocycles. The minimum Gasteiger partial charge on any atom is -0.289 e. The third-order valence-corrected chi connectivity index (χ3v) is 3.97. The number of carbonyl (C=O) groups is 1. The molecule has 0 unspecified atom stereocenters. The number of hydrogen-bond acceptors (Lipinski definition) is 2. The molecule has 109 valence electrons. The van der Waals surface area contributed by atoms with Crippen LogP contribution in [0.25, 0.3) is 10.9 Å². The molecule has 23 heavy (non-hydrogen) atoms. The van der Waals surface area contributed by atoms with E-state index in [4.69, 9.17) is 4.98 Å². The van der Waals surface area contributed by atoms with E-state index in [0.29, 0.717) is 11.1 Å². The van der Waals surface area contributed by atoms with E-state index >= 15 is 0 Å². The Kier molecular flexibility index (Phi) is 3.66. The molecule has 4 rings (SSSR count). The Balaban J connectivity index is 1.77. The zero-order valence-electron chi connectivity index (χ0n) is 12.4. The summed E-state index contributed by atoms with van der Waals surface area (Å²) in [4.78, 5) is 17.4. The number of rotatable bonds is 3. The van der Waals surface area contributed by atoms with Gasteiger partial charge in [0.15, 0.2) is 5.78 Å². The van der Waals surface area contributed by atoms with Gasteiger partial charge in [-0.25, -0.2) is 0 Å². The molecular weight excluding hydrogens is 282 g/mol. The highest BCUT2D eigenvalue weighted by Gasteiger charge is 2.21. The minimum atomic E-state index is 0.0269. The van der Waals surface area contributed by atoms with Crippen molar-refractivity contribution in [2.75, 3.05) is 0 Å². The number of aromatic nitrogens is 1. The van der Waals surface area contributed by atoms with Gasteiger partial charge in [-0.05, 0) is 37.8 Å². The van der Waals surface area contributed by atoms with Crippen molar-refractivity contribution in [3.63, 3.8) is 0 Å². The molecule has 0 N–H and O–H groups in total. The van der Waals surface area contributed by atoms with Gasteiger partial charge in [0.2, 0.25) is 0 Å². The summed E-state index contributed by atoms with van der Waals surface area (Å²) in [5, 5.41) is 0.886. The van der Waals surface area contributed by atoms with Crippen molar-refractivity contribution in [3.05, 3.63) is 109 Å². The summed E-state index contributed by atoms with van der Waals surface area (Å²) < 4.78 is 0. The maximum absolute atomic E-state index is 12.7. The fourth-order valence-electron chi connectivity index (χ4n) is 2.80. The molecule has 0 bridgehead atoms. The van der Waals surface area contributed by atoms with E-state index in [2.05, 4.69) is 0 Å². The van der Waals surface area contributed by atoms with Gasteiger partial charge in [0, 0.05) is 28.1 Å². The predicted molar refractivity (Wildman–Crippen MR) is 91.2 cm³/mol. The SMILES string of the molecule is O=C(c1ccccc1)c1cccc2nc([C]3[CH][CH][CH][CH]3)ccc12. The van der Waals surface area contributed by atoms with Crippen molar-refractivity contribution in [1.82, 2.24) is 4.98 Å². The van der Waals surface area contributed by atoms with Crippen LogP contribution in [0.4, 0.5) is 0 Å². The van der Waals surface area contributed by atoms with E-state index < -0.39 is 0 Å². The van der Waals surface area contributed by atoms with Crippen molar-refractivity contribution < 1.29 is 4.79 Å². The Hall–Kier alpha value is -2.48. The molecule has 1 saturated carbocycles. The topological polar surface area (TPSA) is 30.0 Å². The maximum Gasteiger partial charge on any atom is 0.193 e. The standard InChI is InChI=1S/C21H14NO/c23-21(16-9-2-1-3-10-16)18-11-6-12-20-17(18)13-14-19(22-20)15-7-4-5-8-15/h1-14H. The summed E-state index contributed by atoms with van der Waals surface area (Å²) in [6.45, 7) is 0. The molecule has 2 heteroatoms. The van der Waals surface area contributed by atoms with E-state index in [-0.39, 0.29) is 5.78 Å². The molecule has 1 aliphatic rings. The lowest BCUT2D eigenvalue weighted by Crippen LogP contribution is -2.04. The largest absolute Gasteiger partial charge is 0.289 e. The lowest BCUT2D eigenvalue weighted by Gasteiger charge is -2.10. The third-order valence-electron chi connectivity index (χ3n) is 3.97. The Morgan fingerprint density at radius 2 is 1.57 bits per heavy atom. The molecule has 0 saturated heterocycles. The average molecular weight is 296 g/mol. The molecular formula is C21H14NO. The van der Waals surface area contributed by atoms with E-state index in [1.165, 1.54) is 0 Å². The Bertz CT molecular complexity index is 848. The zero-order valence-corrected chi connectivity index (χ0v) is 12.4. The van der Waals surface area contributed by atoms with Crippen LogP contribution in [0.2, 0.25) is 0 Å². The molecule has 0 amide bonds. The molecule has 1 aliphatic carbocycles. The van der Waals surface area contributed by atoms with Gasteiger partial charge in [0.25, 0.3) is 0 Å². The molecule has 1 aromatic heterocycles. The van der Waals surface area contributed by atoms with Gasteiger partial charge in [-0.2, -0.15) is 0 Å². The second-order valence-corrected chi connectivity index (χ2v) is 5.44. The van der Waals surface area contributed by atoms with Gasteiger partial charge in [-0.3, -0.25) is 9.78 Å². The lowest BCUT2D eigenvalue weighted by molar-refractivity contribution is 0.104. The summed E-state index contributed by atoms with van der Waals surface area (Å²) >= 11 is 0. The van der Waals surface area contributed by atoms with Gasteiger partial charge < -0.3 is 0 Å². The summed E-state index contributed by atoms with van der Waals surface area (Å²) in [7, 11) is 0. The van der Waals surface area contributed by atoms with E-state index in [1.807, 2.05) is 86.3 Å². The molecule has 5 radical (unpaired) electrons. The van der Waals surface area contributed by atoms with Gasteiger partial charge in [-0.1, -0.05) is 48.5 Å². The monoisotopic (exact) mass is 296 g/mol. The normalized spacial score (nSPS) is 15.1. The number of carbonyl (C=O) groups excluding carboxylic acids is 1. The molecule has 0 atom stereocenters. The van der Waals surface area contributed by atoms with Crippen LogP contribution in [0.1, 0.15) is 21.6 Å². The fraction of sp³-hybridized carbons (Fsp3) is 0. The van der Waals surface area contributed by atoms with E-state index in [9.17, 15) is 4.79 Å². The number of pyridine rings is 1.